The maximum absolute atomic E-state index is 13.8. The van der Waals surface area contributed by atoms with Crippen molar-refractivity contribution in [1.82, 2.24) is 5.32 Å². The van der Waals surface area contributed by atoms with Crippen LogP contribution in [0.25, 0.3) is 0 Å². The van der Waals surface area contributed by atoms with E-state index in [4.69, 9.17) is 5.73 Å². The second-order valence-electron chi connectivity index (χ2n) is 4.51. The molecule has 1 amide bonds. The highest BCUT2D eigenvalue weighted by atomic mass is 79.9. The number of halogens is 3. The molecule has 21 heavy (non-hydrogen) atoms. The van der Waals surface area contributed by atoms with Gasteiger partial charge in [0, 0.05) is 28.7 Å². The maximum Gasteiger partial charge on any atom is 0.248 e. The smallest absolute Gasteiger partial charge is 0.248 e. The van der Waals surface area contributed by atoms with Crippen LogP contribution < -0.4 is 11.1 Å². The summed E-state index contributed by atoms with van der Waals surface area (Å²) >= 11 is 3.32. The molecule has 2 aromatic carbocycles. The van der Waals surface area contributed by atoms with Gasteiger partial charge in [0.15, 0.2) is 0 Å². The van der Waals surface area contributed by atoms with Crippen LogP contribution in [0.15, 0.2) is 40.9 Å². The predicted molar refractivity (Wildman–Crippen MR) is 79.6 cm³/mol. The second-order valence-corrected chi connectivity index (χ2v) is 5.36. The third-order valence-corrected chi connectivity index (χ3v) is 3.75. The van der Waals surface area contributed by atoms with E-state index in [1.807, 2.05) is 0 Å². The topological polar surface area (TPSA) is 55.1 Å². The number of primary amides is 1. The summed E-state index contributed by atoms with van der Waals surface area (Å²) in [4.78, 5) is 10.9. The second kappa shape index (κ2) is 6.78. The number of amides is 1. The Bertz CT molecular complexity index is 677. The summed E-state index contributed by atoms with van der Waals surface area (Å²) in [6.45, 7) is 0.642. The summed E-state index contributed by atoms with van der Waals surface area (Å²) in [5.74, 6) is -1.50. The lowest BCUT2D eigenvalue weighted by Crippen LogP contribution is -2.16. The standard InChI is InChI=1S/C15H13BrF2N2O/c16-13-4-3-12(17)5-11(13)8-20-7-10-2-1-9(15(19)21)6-14(10)18/h1-6,20H,7-8H2,(H2,19,21). The van der Waals surface area contributed by atoms with E-state index in [0.717, 1.165) is 16.1 Å². The molecule has 0 saturated carbocycles. The van der Waals surface area contributed by atoms with Gasteiger partial charge in [0.25, 0.3) is 0 Å². The number of hydrogen-bond acceptors (Lipinski definition) is 2. The highest BCUT2D eigenvalue weighted by molar-refractivity contribution is 9.10. The lowest BCUT2D eigenvalue weighted by Gasteiger charge is -2.08. The first-order valence-electron chi connectivity index (χ1n) is 6.20. The molecule has 0 aliphatic rings. The van der Waals surface area contributed by atoms with E-state index in [1.54, 1.807) is 6.07 Å². The molecule has 0 saturated heterocycles. The monoisotopic (exact) mass is 354 g/mol. The largest absolute Gasteiger partial charge is 0.366 e. The summed E-state index contributed by atoms with van der Waals surface area (Å²) in [6.07, 6.45) is 0. The van der Waals surface area contributed by atoms with Gasteiger partial charge in [-0.05, 0) is 35.9 Å². The van der Waals surface area contributed by atoms with E-state index in [-0.39, 0.29) is 17.9 Å². The van der Waals surface area contributed by atoms with E-state index < -0.39 is 11.7 Å². The number of rotatable bonds is 5. The first-order chi connectivity index (χ1) is 9.97. The van der Waals surface area contributed by atoms with Crippen LogP contribution in [0.5, 0.6) is 0 Å². The highest BCUT2D eigenvalue weighted by Gasteiger charge is 2.07. The number of nitrogens with two attached hydrogens (primary N) is 1. The Hall–Kier alpha value is -1.79. The van der Waals surface area contributed by atoms with Crippen molar-refractivity contribution in [1.29, 1.82) is 0 Å². The van der Waals surface area contributed by atoms with Crippen LogP contribution in [0, 0.1) is 11.6 Å². The van der Waals surface area contributed by atoms with Crippen LogP contribution in [0.1, 0.15) is 21.5 Å². The zero-order chi connectivity index (χ0) is 15.4. The molecule has 0 aliphatic carbocycles. The number of carbonyl (C=O) groups excluding carboxylic acids is 1. The zero-order valence-electron chi connectivity index (χ0n) is 11.0. The molecule has 0 aliphatic heterocycles. The molecule has 0 fully saturated rings. The summed E-state index contributed by atoms with van der Waals surface area (Å²) in [7, 11) is 0. The van der Waals surface area contributed by atoms with Crippen LogP contribution >= 0.6 is 15.9 Å². The van der Waals surface area contributed by atoms with Crippen molar-refractivity contribution in [2.24, 2.45) is 5.73 Å². The zero-order valence-corrected chi connectivity index (χ0v) is 12.6. The van der Waals surface area contributed by atoms with Crippen LogP contribution in [0.3, 0.4) is 0 Å². The minimum Gasteiger partial charge on any atom is -0.366 e. The Kier molecular flexibility index (Phi) is 5.03. The third-order valence-electron chi connectivity index (χ3n) is 2.98. The van der Waals surface area contributed by atoms with Crippen LogP contribution in [-0.4, -0.2) is 5.91 Å². The minimum absolute atomic E-state index is 0.129. The third kappa shape index (κ3) is 4.09. The molecule has 0 unspecified atom stereocenters. The quantitative estimate of drug-likeness (QED) is 0.866. The molecule has 2 rings (SSSR count). The fourth-order valence-electron chi connectivity index (χ4n) is 1.85. The Morgan fingerprint density at radius 3 is 2.48 bits per heavy atom. The van der Waals surface area contributed by atoms with Gasteiger partial charge < -0.3 is 11.1 Å². The molecule has 3 nitrogen and oxygen atoms in total. The SMILES string of the molecule is NC(=O)c1ccc(CNCc2cc(F)ccc2Br)c(F)c1. The van der Waals surface area contributed by atoms with Gasteiger partial charge in [-0.25, -0.2) is 8.78 Å². The average molecular weight is 355 g/mol. The highest BCUT2D eigenvalue weighted by Crippen LogP contribution is 2.18. The van der Waals surface area contributed by atoms with Crippen molar-refractivity contribution < 1.29 is 13.6 Å². The molecular formula is C15H13BrF2N2O. The van der Waals surface area contributed by atoms with Gasteiger partial charge in [0.1, 0.15) is 11.6 Å². The van der Waals surface area contributed by atoms with Crippen molar-refractivity contribution in [2.75, 3.05) is 0 Å². The van der Waals surface area contributed by atoms with Crippen LogP contribution in [0.4, 0.5) is 8.78 Å². The van der Waals surface area contributed by atoms with Gasteiger partial charge in [-0.3, -0.25) is 4.79 Å². The van der Waals surface area contributed by atoms with Gasteiger partial charge in [-0.15, -0.1) is 0 Å². The fraction of sp³-hybridized carbons (Fsp3) is 0.133. The van der Waals surface area contributed by atoms with Gasteiger partial charge >= 0.3 is 0 Å². The molecule has 2 aromatic rings. The van der Waals surface area contributed by atoms with Gasteiger partial charge in [-0.1, -0.05) is 22.0 Å². The minimum atomic E-state index is -0.669. The van der Waals surface area contributed by atoms with Crippen molar-refractivity contribution in [3.8, 4) is 0 Å². The average Bonchev–Trinajstić information content (AvgIpc) is 2.44. The molecule has 0 aromatic heterocycles. The number of nitrogens with one attached hydrogen (secondary N) is 1. The van der Waals surface area contributed by atoms with Crippen LogP contribution in [-0.2, 0) is 13.1 Å². The van der Waals surface area contributed by atoms with E-state index in [2.05, 4.69) is 21.2 Å². The lowest BCUT2D eigenvalue weighted by atomic mass is 10.1. The van der Waals surface area contributed by atoms with E-state index >= 15 is 0 Å². The number of hydrogen-bond donors (Lipinski definition) is 2. The fourth-order valence-corrected chi connectivity index (χ4v) is 2.24. The first-order valence-corrected chi connectivity index (χ1v) is 6.99. The molecule has 0 atom stereocenters. The normalized spacial score (nSPS) is 10.6. The molecule has 3 N–H and O–H groups in total. The first kappa shape index (κ1) is 15.6. The summed E-state index contributed by atoms with van der Waals surface area (Å²) in [5.41, 5.74) is 6.36. The molecule has 6 heteroatoms. The molecule has 0 spiro atoms. The molecule has 110 valence electrons. The Morgan fingerprint density at radius 1 is 1.10 bits per heavy atom. The Labute approximate surface area is 129 Å². The van der Waals surface area contributed by atoms with Crippen molar-refractivity contribution in [3.63, 3.8) is 0 Å². The van der Waals surface area contributed by atoms with E-state index in [0.29, 0.717) is 12.1 Å². The predicted octanol–water partition coefficient (Wildman–Crippen LogP) is 3.12. The van der Waals surface area contributed by atoms with Gasteiger partial charge in [0.05, 0.1) is 0 Å². The Morgan fingerprint density at radius 2 is 1.81 bits per heavy atom. The Balaban J connectivity index is 2.00. The number of benzene rings is 2. The number of carbonyl (C=O) groups is 1. The van der Waals surface area contributed by atoms with E-state index in [1.165, 1.54) is 24.3 Å². The van der Waals surface area contributed by atoms with Gasteiger partial charge in [-0.2, -0.15) is 0 Å². The summed E-state index contributed by atoms with van der Waals surface area (Å²) in [5, 5.41) is 3.02. The maximum atomic E-state index is 13.8. The lowest BCUT2D eigenvalue weighted by molar-refractivity contribution is 0.1000. The van der Waals surface area contributed by atoms with Crippen molar-refractivity contribution in [2.45, 2.75) is 13.1 Å². The molecular weight excluding hydrogens is 342 g/mol. The molecule has 0 bridgehead atoms. The van der Waals surface area contributed by atoms with Crippen molar-refractivity contribution in [3.05, 3.63) is 69.2 Å². The summed E-state index contributed by atoms with van der Waals surface area (Å²) in [6, 6.07) is 8.47. The van der Waals surface area contributed by atoms with Crippen molar-refractivity contribution >= 4 is 21.8 Å². The van der Waals surface area contributed by atoms with Gasteiger partial charge in [0.2, 0.25) is 5.91 Å². The molecule has 0 heterocycles. The van der Waals surface area contributed by atoms with Crippen LogP contribution in [0.2, 0.25) is 0 Å². The summed E-state index contributed by atoms with van der Waals surface area (Å²) < 4.78 is 27.7. The van der Waals surface area contributed by atoms with E-state index in [9.17, 15) is 13.6 Å². The molecule has 0 radical (unpaired) electrons.